The van der Waals surface area contributed by atoms with Crippen LogP contribution in [0.15, 0.2) is 30.0 Å². The molecule has 1 aliphatic rings. The highest BCUT2D eigenvalue weighted by molar-refractivity contribution is 6.23. The van der Waals surface area contributed by atoms with E-state index in [1.54, 1.807) is 7.11 Å². The lowest BCUT2D eigenvalue weighted by molar-refractivity contribution is 0.186. The normalized spacial score (nSPS) is 15.4. The van der Waals surface area contributed by atoms with Gasteiger partial charge in [0.25, 0.3) is 0 Å². The molecule has 0 atom stereocenters. The average Bonchev–Trinajstić information content (AvgIpc) is 2.98. The molecule has 0 radical (unpaired) electrons. The van der Waals surface area contributed by atoms with Gasteiger partial charge in [-0.3, -0.25) is 5.41 Å². The Labute approximate surface area is 129 Å². The van der Waals surface area contributed by atoms with Crippen LogP contribution in [0.3, 0.4) is 0 Å². The molecule has 0 bridgehead atoms. The van der Waals surface area contributed by atoms with Gasteiger partial charge >= 0.3 is 0 Å². The minimum Gasteiger partial charge on any atom is -0.510 e. The summed E-state index contributed by atoms with van der Waals surface area (Å²) in [5.74, 6) is 1.17. The van der Waals surface area contributed by atoms with Crippen LogP contribution in [0.5, 0.6) is 0 Å². The Morgan fingerprint density at radius 3 is 2.86 bits per heavy atom. The molecule has 1 aromatic carbocycles. The summed E-state index contributed by atoms with van der Waals surface area (Å²) in [5, 5.41) is 18.7. The first-order chi connectivity index (χ1) is 10.6. The quantitative estimate of drug-likeness (QED) is 0.830. The van der Waals surface area contributed by atoms with E-state index >= 15 is 0 Å². The topological polar surface area (TPSA) is 74.4 Å². The van der Waals surface area contributed by atoms with Gasteiger partial charge in [-0.15, -0.1) is 0 Å². The number of aliphatic hydroxyl groups excluding tert-OH is 1. The number of para-hydroxylation sites is 2. The molecule has 6 nitrogen and oxygen atoms in total. The Bertz CT molecular complexity index is 748. The van der Waals surface area contributed by atoms with Gasteiger partial charge in [0, 0.05) is 27.3 Å². The summed E-state index contributed by atoms with van der Waals surface area (Å²) in [5.41, 5.74) is 2.38. The molecule has 1 aromatic heterocycles. The summed E-state index contributed by atoms with van der Waals surface area (Å²) in [6.07, 6.45) is 0.821. The number of imidazole rings is 1. The zero-order valence-corrected chi connectivity index (χ0v) is 12.8. The lowest BCUT2D eigenvalue weighted by Crippen LogP contribution is -2.28. The molecule has 0 unspecified atom stereocenters. The van der Waals surface area contributed by atoms with Crippen molar-refractivity contribution in [2.75, 3.05) is 26.8 Å². The zero-order valence-electron chi connectivity index (χ0n) is 12.8. The third-order valence-electron chi connectivity index (χ3n) is 3.97. The number of aliphatic hydroxyl groups is 1. The molecule has 0 amide bonds. The molecule has 3 rings (SSSR count). The molecule has 6 heteroatoms. The molecular formula is C16H20N4O2. The van der Waals surface area contributed by atoms with Crippen molar-refractivity contribution < 1.29 is 9.84 Å². The summed E-state index contributed by atoms with van der Waals surface area (Å²) < 4.78 is 6.97. The molecule has 2 N–H and O–H groups in total. The molecule has 2 aromatic rings. The van der Waals surface area contributed by atoms with Crippen LogP contribution in [0, 0.1) is 5.41 Å². The summed E-state index contributed by atoms with van der Waals surface area (Å²) in [6.45, 7) is 1.69. The largest absolute Gasteiger partial charge is 0.510 e. The molecule has 0 saturated heterocycles. The molecule has 22 heavy (non-hydrogen) atoms. The van der Waals surface area contributed by atoms with Crippen molar-refractivity contribution in [1.29, 1.82) is 5.41 Å². The minimum absolute atomic E-state index is 0.209. The fourth-order valence-corrected chi connectivity index (χ4v) is 2.83. The number of aromatic nitrogens is 2. The first-order valence-corrected chi connectivity index (χ1v) is 7.30. The number of hydrogen-bond acceptors (Lipinski definition) is 4. The van der Waals surface area contributed by atoms with E-state index in [0.29, 0.717) is 36.9 Å². The van der Waals surface area contributed by atoms with E-state index in [1.165, 1.54) is 0 Å². The highest BCUT2D eigenvalue weighted by Gasteiger charge is 2.30. The van der Waals surface area contributed by atoms with Gasteiger partial charge in [-0.25, -0.2) is 4.98 Å². The number of benzene rings is 1. The number of hydrogen-bond donors (Lipinski definition) is 2. The van der Waals surface area contributed by atoms with Crippen LogP contribution < -0.4 is 0 Å². The van der Waals surface area contributed by atoms with Gasteiger partial charge in [-0.2, -0.15) is 0 Å². The summed E-state index contributed by atoms with van der Waals surface area (Å²) >= 11 is 0. The molecule has 1 aliphatic heterocycles. The molecule has 0 saturated carbocycles. The number of nitrogens with one attached hydrogen (secondary N) is 1. The van der Waals surface area contributed by atoms with Crippen molar-refractivity contribution in [2.24, 2.45) is 7.05 Å². The average molecular weight is 300 g/mol. The number of rotatable bonds is 5. The van der Waals surface area contributed by atoms with Gasteiger partial charge < -0.3 is 19.3 Å². The van der Waals surface area contributed by atoms with Gasteiger partial charge in [0.15, 0.2) is 0 Å². The van der Waals surface area contributed by atoms with Crippen molar-refractivity contribution >= 4 is 22.4 Å². The maximum absolute atomic E-state index is 10.3. The van der Waals surface area contributed by atoms with E-state index < -0.39 is 0 Å². The molecule has 0 aliphatic carbocycles. The van der Waals surface area contributed by atoms with Crippen LogP contribution >= 0.6 is 0 Å². The fourth-order valence-electron chi connectivity index (χ4n) is 2.83. The van der Waals surface area contributed by atoms with Gasteiger partial charge in [-0.1, -0.05) is 12.1 Å². The monoisotopic (exact) mass is 300 g/mol. The number of nitrogens with zero attached hydrogens (tertiary/aromatic N) is 3. The SMILES string of the molecule is COCCCN1CC(O)=C(c2nc3ccccc3n2C)C1=N. The van der Waals surface area contributed by atoms with Gasteiger partial charge in [0.05, 0.1) is 23.2 Å². The molecular weight excluding hydrogens is 280 g/mol. The smallest absolute Gasteiger partial charge is 0.148 e. The van der Waals surface area contributed by atoms with Crippen molar-refractivity contribution in [3.05, 3.63) is 35.8 Å². The van der Waals surface area contributed by atoms with E-state index in [2.05, 4.69) is 4.98 Å². The number of amidine groups is 1. The maximum Gasteiger partial charge on any atom is 0.148 e. The standard InChI is InChI=1S/C16H20N4O2/c1-19-12-7-4-3-6-11(12)18-16(19)14-13(21)10-20(15(14)17)8-5-9-22-2/h3-4,6-7,17,21H,5,8-10H2,1-2H3. The number of fused-ring (bicyclic) bond motifs is 1. The fraction of sp³-hybridized carbons (Fsp3) is 0.375. The predicted octanol–water partition coefficient (Wildman–Crippen LogP) is 2.17. The maximum atomic E-state index is 10.3. The Kier molecular flexibility index (Phi) is 3.85. The minimum atomic E-state index is 0.209. The van der Waals surface area contributed by atoms with Crippen LogP contribution in [0.25, 0.3) is 16.6 Å². The molecule has 116 valence electrons. The van der Waals surface area contributed by atoms with Gasteiger partial charge in [-0.05, 0) is 18.6 Å². The first-order valence-electron chi connectivity index (χ1n) is 7.30. The van der Waals surface area contributed by atoms with Crippen LogP contribution in [-0.2, 0) is 11.8 Å². The lowest BCUT2D eigenvalue weighted by atomic mass is 10.2. The van der Waals surface area contributed by atoms with Crippen molar-refractivity contribution in [3.63, 3.8) is 0 Å². The third kappa shape index (κ3) is 2.35. The van der Waals surface area contributed by atoms with Crippen molar-refractivity contribution in [1.82, 2.24) is 14.5 Å². The highest BCUT2D eigenvalue weighted by atomic mass is 16.5. The Balaban J connectivity index is 1.91. The number of methoxy groups -OCH3 is 1. The van der Waals surface area contributed by atoms with E-state index in [-0.39, 0.29) is 5.76 Å². The highest BCUT2D eigenvalue weighted by Crippen LogP contribution is 2.28. The molecule has 0 fully saturated rings. The van der Waals surface area contributed by atoms with E-state index in [1.807, 2.05) is 40.8 Å². The lowest BCUT2D eigenvalue weighted by Gasteiger charge is -2.18. The summed E-state index contributed by atoms with van der Waals surface area (Å²) in [7, 11) is 3.57. The summed E-state index contributed by atoms with van der Waals surface area (Å²) in [4.78, 5) is 6.43. The van der Waals surface area contributed by atoms with Crippen LogP contribution in [0.1, 0.15) is 12.2 Å². The second-order valence-electron chi connectivity index (χ2n) is 5.42. The Hall–Kier alpha value is -2.34. The van der Waals surface area contributed by atoms with Gasteiger partial charge in [0.2, 0.25) is 0 Å². The zero-order chi connectivity index (χ0) is 15.7. The number of aryl methyl sites for hydroxylation is 1. The molecule has 2 heterocycles. The van der Waals surface area contributed by atoms with Crippen LogP contribution in [0.4, 0.5) is 0 Å². The summed E-state index contributed by atoms with van der Waals surface area (Å²) in [6, 6.07) is 7.81. The van der Waals surface area contributed by atoms with E-state index in [4.69, 9.17) is 10.1 Å². The third-order valence-corrected chi connectivity index (χ3v) is 3.97. The molecule has 0 spiro atoms. The van der Waals surface area contributed by atoms with Crippen molar-refractivity contribution in [3.8, 4) is 0 Å². The van der Waals surface area contributed by atoms with E-state index in [9.17, 15) is 5.11 Å². The van der Waals surface area contributed by atoms with Crippen LogP contribution in [-0.4, -0.2) is 52.2 Å². The van der Waals surface area contributed by atoms with E-state index in [0.717, 1.165) is 17.5 Å². The van der Waals surface area contributed by atoms with Crippen molar-refractivity contribution in [2.45, 2.75) is 6.42 Å². The van der Waals surface area contributed by atoms with Crippen LogP contribution in [0.2, 0.25) is 0 Å². The Morgan fingerprint density at radius 1 is 1.36 bits per heavy atom. The first kappa shape index (κ1) is 14.6. The van der Waals surface area contributed by atoms with Gasteiger partial charge in [0.1, 0.15) is 17.4 Å². The second kappa shape index (κ2) is 5.81. The number of ether oxygens (including phenoxy) is 1. The Morgan fingerprint density at radius 2 is 2.14 bits per heavy atom. The second-order valence-corrected chi connectivity index (χ2v) is 5.42. The predicted molar refractivity (Wildman–Crippen MR) is 86.1 cm³/mol.